The van der Waals surface area contributed by atoms with Gasteiger partial charge in [-0.25, -0.2) is 22.3 Å². The summed E-state index contributed by atoms with van der Waals surface area (Å²) in [5, 5.41) is 4.74. The molecule has 0 aliphatic rings. The first-order valence-electron chi connectivity index (χ1n) is 3.74. The molecule has 0 heterocycles. The first-order chi connectivity index (χ1) is 6.29. The van der Waals surface area contributed by atoms with Crippen molar-refractivity contribution in [3.05, 3.63) is 34.9 Å². The van der Waals surface area contributed by atoms with Gasteiger partial charge in [0.2, 0.25) is 10.0 Å². The fraction of sp³-hybridized carbons (Fsp3) is 0.250. The van der Waals surface area contributed by atoms with Crippen LogP contribution in [0.1, 0.15) is 11.1 Å². The third-order valence-corrected chi connectivity index (χ3v) is 2.40. The molecule has 0 aliphatic heterocycles. The van der Waals surface area contributed by atoms with Crippen molar-refractivity contribution in [2.45, 2.75) is 12.7 Å². The highest BCUT2D eigenvalue weighted by Gasteiger charge is 2.12. The lowest BCUT2D eigenvalue weighted by molar-refractivity contribution is 0.565. The van der Waals surface area contributed by atoms with Gasteiger partial charge in [0.05, 0.1) is 5.75 Å². The normalized spacial score (nSPS) is 11.7. The van der Waals surface area contributed by atoms with E-state index in [1.54, 1.807) is 0 Å². The zero-order valence-corrected chi connectivity index (χ0v) is 8.24. The Hall–Kier alpha value is -1.01. The number of aryl methyl sites for hydroxylation is 1. The van der Waals surface area contributed by atoms with Crippen LogP contribution < -0.4 is 5.14 Å². The van der Waals surface area contributed by atoms with Crippen molar-refractivity contribution in [2.75, 3.05) is 0 Å². The quantitative estimate of drug-likeness (QED) is 0.811. The lowest BCUT2D eigenvalue weighted by Gasteiger charge is -2.03. The summed E-state index contributed by atoms with van der Waals surface area (Å²) in [4.78, 5) is 0. The van der Waals surface area contributed by atoms with Gasteiger partial charge in [-0.3, -0.25) is 0 Å². The summed E-state index contributed by atoms with van der Waals surface area (Å²) in [5.74, 6) is -2.23. The number of halogens is 2. The van der Waals surface area contributed by atoms with Gasteiger partial charge in [0.1, 0.15) is 11.6 Å². The van der Waals surface area contributed by atoms with Gasteiger partial charge < -0.3 is 0 Å². The van der Waals surface area contributed by atoms with Gasteiger partial charge in [-0.15, -0.1) is 0 Å². The Morgan fingerprint density at radius 2 is 1.86 bits per heavy atom. The molecule has 3 nitrogen and oxygen atoms in total. The van der Waals surface area contributed by atoms with E-state index >= 15 is 0 Å². The number of benzene rings is 1. The summed E-state index contributed by atoms with van der Waals surface area (Å²) < 4.78 is 47.1. The van der Waals surface area contributed by atoms with E-state index in [0.29, 0.717) is 6.07 Å². The van der Waals surface area contributed by atoms with Crippen LogP contribution >= 0.6 is 0 Å². The van der Waals surface area contributed by atoms with E-state index in [1.807, 2.05) is 0 Å². The minimum absolute atomic E-state index is 0.119. The summed E-state index contributed by atoms with van der Waals surface area (Å²) in [7, 11) is -3.79. The van der Waals surface area contributed by atoms with Gasteiger partial charge >= 0.3 is 0 Å². The van der Waals surface area contributed by atoms with Gasteiger partial charge in [-0.1, -0.05) is 0 Å². The molecule has 0 atom stereocenters. The maximum absolute atomic E-state index is 13.0. The van der Waals surface area contributed by atoms with E-state index in [-0.39, 0.29) is 11.1 Å². The number of hydrogen-bond donors (Lipinski definition) is 1. The molecular weight excluding hydrogens is 212 g/mol. The maximum Gasteiger partial charge on any atom is 0.213 e. The predicted molar refractivity (Wildman–Crippen MR) is 47.9 cm³/mol. The fourth-order valence-electron chi connectivity index (χ4n) is 1.04. The van der Waals surface area contributed by atoms with Crippen LogP contribution in [0.25, 0.3) is 0 Å². The molecule has 0 saturated heterocycles. The molecular formula is C8H9F2NO2S. The average Bonchev–Trinajstić information content (AvgIpc) is 1.97. The molecule has 0 unspecified atom stereocenters. The number of sulfonamides is 1. The average molecular weight is 221 g/mol. The molecule has 0 fully saturated rings. The highest BCUT2D eigenvalue weighted by atomic mass is 32.2. The van der Waals surface area contributed by atoms with Crippen LogP contribution in [0.2, 0.25) is 0 Å². The van der Waals surface area contributed by atoms with Gasteiger partial charge in [0.15, 0.2) is 0 Å². The third kappa shape index (κ3) is 2.74. The van der Waals surface area contributed by atoms with Crippen molar-refractivity contribution in [1.82, 2.24) is 0 Å². The van der Waals surface area contributed by atoms with Crippen LogP contribution in [0.15, 0.2) is 12.1 Å². The topological polar surface area (TPSA) is 60.2 Å². The van der Waals surface area contributed by atoms with E-state index < -0.39 is 27.4 Å². The molecule has 1 rings (SSSR count). The monoisotopic (exact) mass is 221 g/mol. The van der Waals surface area contributed by atoms with Crippen LogP contribution in [0, 0.1) is 18.6 Å². The van der Waals surface area contributed by atoms with E-state index in [2.05, 4.69) is 0 Å². The van der Waals surface area contributed by atoms with Gasteiger partial charge in [0, 0.05) is 11.6 Å². The van der Waals surface area contributed by atoms with E-state index in [0.717, 1.165) is 6.07 Å². The summed E-state index contributed by atoms with van der Waals surface area (Å²) in [6.07, 6.45) is 0. The molecule has 78 valence electrons. The van der Waals surface area contributed by atoms with E-state index in [9.17, 15) is 17.2 Å². The largest absolute Gasteiger partial charge is 0.228 e. The molecule has 0 aliphatic carbocycles. The van der Waals surface area contributed by atoms with Crippen LogP contribution in [0.3, 0.4) is 0 Å². The first kappa shape index (κ1) is 11.1. The Kier molecular flexibility index (Phi) is 2.86. The number of hydrogen-bond acceptors (Lipinski definition) is 2. The van der Waals surface area contributed by atoms with Gasteiger partial charge in [0.25, 0.3) is 0 Å². The minimum atomic E-state index is -3.79. The smallest absolute Gasteiger partial charge is 0.213 e. The van der Waals surface area contributed by atoms with Crippen molar-refractivity contribution in [3.8, 4) is 0 Å². The first-order valence-corrected chi connectivity index (χ1v) is 5.46. The van der Waals surface area contributed by atoms with Crippen LogP contribution in [-0.2, 0) is 15.8 Å². The number of nitrogens with two attached hydrogens (primary N) is 1. The standard InChI is InChI=1S/C8H9F2NO2S/c1-5-2-6(4-14(11,12)13)8(10)3-7(5)9/h2-3H,4H2,1H3,(H2,11,12,13). The molecule has 1 aromatic rings. The zero-order chi connectivity index (χ0) is 10.9. The molecule has 0 bridgehead atoms. The van der Waals surface area contributed by atoms with Crippen molar-refractivity contribution in [1.29, 1.82) is 0 Å². The second-order valence-electron chi connectivity index (χ2n) is 3.00. The van der Waals surface area contributed by atoms with Crippen molar-refractivity contribution in [3.63, 3.8) is 0 Å². The van der Waals surface area contributed by atoms with E-state index in [4.69, 9.17) is 5.14 Å². The number of primary sulfonamides is 1. The highest BCUT2D eigenvalue weighted by Crippen LogP contribution is 2.15. The van der Waals surface area contributed by atoms with E-state index in [1.165, 1.54) is 6.92 Å². The molecule has 0 amide bonds. The van der Waals surface area contributed by atoms with Gasteiger partial charge in [-0.05, 0) is 18.6 Å². The Morgan fingerprint density at radius 1 is 1.29 bits per heavy atom. The van der Waals surface area contributed by atoms with Crippen LogP contribution in [0.5, 0.6) is 0 Å². The second-order valence-corrected chi connectivity index (χ2v) is 4.61. The SMILES string of the molecule is Cc1cc(CS(N)(=O)=O)c(F)cc1F. The Bertz CT molecular complexity index is 457. The molecule has 0 spiro atoms. The Morgan fingerprint density at radius 3 is 2.36 bits per heavy atom. The van der Waals surface area contributed by atoms with Gasteiger partial charge in [-0.2, -0.15) is 0 Å². The molecule has 1 aromatic carbocycles. The highest BCUT2D eigenvalue weighted by molar-refractivity contribution is 7.88. The van der Waals surface area contributed by atoms with Crippen molar-refractivity contribution >= 4 is 10.0 Å². The minimum Gasteiger partial charge on any atom is -0.228 e. The fourth-order valence-corrected chi connectivity index (χ4v) is 1.70. The summed E-state index contributed by atoms with van der Waals surface area (Å²) in [6.45, 7) is 1.42. The summed E-state index contributed by atoms with van der Waals surface area (Å²) >= 11 is 0. The van der Waals surface area contributed by atoms with Crippen LogP contribution in [-0.4, -0.2) is 8.42 Å². The molecule has 0 saturated carbocycles. The molecule has 6 heteroatoms. The third-order valence-electron chi connectivity index (χ3n) is 1.68. The van der Waals surface area contributed by atoms with Crippen molar-refractivity contribution in [2.24, 2.45) is 5.14 Å². The second kappa shape index (κ2) is 3.62. The zero-order valence-electron chi connectivity index (χ0n) is 7.42. The van der Waals surface area contributed by atoms with Crippen molar-refractivity contribution < 1.29 is 17.2 Å². The lowest BCUT2D eigenvalue weighted by Crippen LogP contribution is -2.15. The summed E-state index contributed by atoms with van der Waals surface area (Å²) in [6, 6.07) is 1.78. The predicted octanol–water partition coefficient (Wildman–Crippen LogP) is 1.06. The Labute approximate surface area is 80.6 Å². The molecule has 2 N–H and O–H groups in total. The molecule has 0 radical (unpaired) electrons. The van der Waals surface area contributed by atoms with Crippen LogP contribution in [0.4, 0.5) is 8.78 Å². The summed E-state index contributed by atoms with van der Waals surface area (Å²) in [5.41, 5.74) is 0.0662. The maximum atomic E-state index is 13.0. The molecule has 0 aromatic heterocycles. The Balaban J connectivity index is 3.17. The molecule has 14 heavy (non-hydrogen) atoms. The number of rotatable bonds is 2. The lowest BCUT2D eigenvalue weighted by atomic mass is 10.1.